The van der Waals surface area contributed by atoms with E-state index >= 15 is 0 Å². The molecule has 1 aromatic carbocycles. The first kappa shape index (κ1) is 10.8. The molecule has 0 aromatic heterocycles. The van der Waals surface area contributed by atoms with Gasteiger partial charge >= 0.3 is 5.97 Å². The average Bonchev–Trinajstić information content (AvgIpc) is 2.26. The SMILES string of the molecule is COC(=O)c1cccc([N+](=O)[O-])c1C=O. The summed E-state index contributed by atoms with van der Waals surface area (Å²) in [6.07, 6.45) is 0.268. The summed E-state index contributed by atoms with van der Waals surface area (Å²) < 4.78 is 4.39. The predicted octanol–water partition coefficient (Wildman–Crippen LogP) is 1.19. The van der Waals surface area contributed by atoms with Crippen LogP contribution in [-0.2, 0) is 4.74 Å². The van der Waals surface area contributed by atoms with Crippen LogP contribution in [-0.4, -0.2) is 24.3 Å². The van der Waals surface area contributed by atoms with Crippen LogP contribution in [0.1, 0.15) is 20.7 Å². The molecule has 0 radical (unpaired) electrons. The van der Waals surface area contributed by atoms with E-state index in [1.807, 2.05) is 0 Å². The van der Waals surface area contributed by atoms with Gasteiger partial charge in [-0.05, 0) is 6.07 Å². The lowest BCUT2D eigenvalue weighted by Gasteiger charge is -2.02. The van der Waals surface area contributed by atoms with Gasteiger partial charge in [0, 0.05) is 6.07 Å². The third kappa shape index (κ3) is 1.98. The van der Waals surface area contributed by atoms with E-state index in [4.69, 9.17) is 0 Å². The van der Waals surface area contributed by atoms with Crippen molar-refractivity contribution < 1.29 is 19.2 Å². The van der Waals surface area contributed by atoms with Crippen LogP contribution in [0.25, 0.3) is 0 Å². The molecule has 0 atom stereocenters. The smallest absolute Gasteiger partial charge is 0.338 e. The summed E-state index contributed by atoms with van der Waals surface area (Å²) in [6.45, 7) is 0. The average molecular weight is 209 g/mol. The molecule has 1 aromatic rings. The van der Waals surface area contributed by atoms with Crippen molar-refractivity contribution in [2.75, 3.05) is 7.11 Å². The summed E-state index contributed by atoms with van der Waals surface area (Å²) in [7, 11) is 1.13. The van der Waals surface area contributed by atoms with E-state index in [-0.39, 0.29) is 17.4 Å². The highest BCUT2D eigenvalue weighted by Crippen LogP contribution is 2.20. The molecule has 78 valence electrons. The van der Waals surface area contributed by atoms with E-state index in [2.05, 4.69) is 4.74 Å². The van der Waals surface area contributed by atoms with Gasteiger partial charge < -0.3 is 4.74 Å². The van der Waals surface area contributed by atoms with Crippen molar-refractivity contribution in [2.24, 2.45) is 0 Å². The summed E-state index contributed by atoms with van der Waals surface area (Å²) in [5.41, 5.74) is -0.788. The molecule has 0 heterocycles. The van der Waals surface area contributed by atoms with Crippen LogP contribution in [0.4, 0.5) is 5.69 Å². The standard InChI is InChI=1S/C9H7NO5/c1-15-9(12)6-3-2-4-8(10(13)14)7(6)5-11/h2-5H,1H3. The van der Waals surface area contributed by atoms with Crippen LogP contribution in [0.3, 0.4) is 0 Å². The van der Waals surface area contributed by atoms with Gasteiger partial charge in [-0.3, -0.25) is 14.9 Å². The summed E-state index contributed by atoms with van der Waals surface area (Å²) >= 11 is 0. The number of nitro groups is 1. The van der Waals surface area contributed by atoms with Crippen molar-refractivity contribution in [3.8, 4) is 0 Å². The molecule has 6 nitrogen and oxygen atoms in total. The lowest BCUT2D eigenvalue weighted by atomic mass is 10.1. The molecule has 0 spiro atoms. The monoisotopic (exact) mass is 209 g/mol. The summed E-state index contributed by atoms with van der Waals surface area (Å²) in [6, 6.07) is 3.76. The molecule has 0 aliphatic carbocycles. The number of nitro benzene ring substituents is 1. The quantitative estimate of drug-likeness (QED) is 0.323. The number of methoxy groups -OCH3 is 1. The van der Waals surface area contributed by atoms with Crippen molar-refractivity contribution in [3.05, 3.63) is 39.4 Å². The molecule has 0 aliphatic rings. The lowest BCUT2D eigenvalue weighted by molar-refractivity contribution is -0.385. The Labute approximate surface area is 84.6 Å². The Balaban J connectivity index is 3.41. The third-order valence-electron chi connectivity index (χ3n) is 1.80. The zero-order chi connectivity index (χ0) is 11.4. The fourth-order valence-electron chi connectivity index (χ4n) is 1.12. The zero-order valence-electron chi connectivity index (χ0n) is 7.80. The van der Waals surface area contributed by atoms with Gasteiger partial charge in [-0.25, -0.2) is 4.79 Å². The van der Waals surface area contributed by atoms with E-state index in [1.54, 1.807) is 0 Å². The minimum atomic E-state index is -0.777. The van der Waals surface area contributed by atoms with Crippen LogP contribution in [0.5, 0.6) is 0 Å². The number of carbonyl (C=O) groups is 2. The molecule has 6 heteroatoms. The van der Waals surface area contributed by atoms with E-state index < -0.39 is 16.6 Å². The molecule has 15 heavy (non-hydrogen) atoms. The second-order valence-electron chi connectivity index (χ2n) is 2.60. The van der Waals surface area contributed by atoms with Gasteiger partial charge in [0.05, 0.1) is 17.6 Å². The minimum Gasteiger partial charge on any atom is -0.465 e. The number of benzene rings is 1. The number of carbonyl (C=O) groups excluding carboxylic acids is 2. The number of aldehydes is 1. The summed E-state index contributed by atoms with van der Waals surface area (Å²) in [5, 5.41) is 10.5. The van der Waals surface area contributed by atoms with E-state index in [1.165, 1.54) is 12.1 Å². The molecular weight excluding hydrogens is 202 g/mol. The van der Waals surface area contributed by atoms with E-state index in [9.17, 15) is 19.7 Å². The lowest BCUT2D eigenvalue weighted by Crippen LogP contribution is -2.07. The molecule has 0 amide bonds. The number of ether oxygens (including phenoxy) is 1. The van der Waals surface area contributed by atoms with Crippen LogP contribution >= 0.6 is 0 Å². The number of hydrogen-bond donors (Lipinski definition) is 0. The highest BCUT2D eigenvalue weighted by molar-refractivity contribution is 6.00. The number of esters is 1. The van der Waals surface area contributed by atoms with E-state index in [0.717, 1.165) is 13.2 Å². The molecular formula is C9H7NO5. The van der Waals surface area contributed by atoms with Gasteiger partial charge in [-0.15, -0.1) is 0 Å². The first-order valence-electron chi connectivity index (χ1n) is 3.92. The molecule has 0 unspecified atom stereocenters. The predicted molar refractivity (Wildman–Crippen MR) is 49.8 cm³/mol. The Bertz CT molecular complexity index is 427. The van der Waals surface area contributed by atoms with Crippen LogP contribution in [0.2, 0.25) is 0 Å². The Morgan fingerprint density at radius 2 is 2.20 bits per heavy atom. The Morgan fingerprint density at radius 1 is 1.53 bits per heavy atom. The Morgan fingerprint density at radius 3 is 2.67 bits per heavy atom. The summed E-state index contributed by atoms with van der Waals surface area (Å²) in [5.74, 6) is -0.777. The number of rotatable bonds is 3. The van der Waals surface area contributed by atoms with Crippen molar-refractivity contribution in [3.63, 3.8) is 0 Å². The summed E-state index contributed by atoms with van der Waals surface area (Å²) in [4.78, 5) is 31.6. The van der Waals surface area contributed by atoms with Gasteiger partial charge in [0.2, 0.25) is 0 Å². The van der Waals surface area contributed by atoms with Crippen molar-refractivity contribution >= 4 is 17.9 Å². The maximum absolute atomic E-state index is 11.2. The number of nitrogens with zero attached hydrogens (tertiary/aromatic N) is 1. The van der Waals surface area contributed by atoms with Gasteiger partial charge in [0.25, 0.3) is 5.69 Å². The Kier molecular flexibility index (Phi) is 3.12. The van der Waals surface area contributed by atoms with Crippen LogP contribution in [0, 0.1) is 10.1 Å². The fourth-order valence-corrected chi connectivity index (χ4v) is 1.12. The van der Waals surface area contributed by atoms with Gasteiger partial charge in [-0.1, -0.05) is 6.07 Å². The fraction of sp³-hybridized carbons (Fsp3) is 0.111. The molecule has 0 N–H and O–H groups in total. The normalized spacial score (nSPS) is 9.40. The minimum absolute atomic E-state index is 0.110. The maximum Gasteiger partial charge on any atom is 0.338 e. The van der Waals surface area contributed by atoms with Crippen molar-refractivity contribution in [2.45, 2.75) is 0 Å². The highest BCUT2D eigenvalue weighted by Gasteiger charge is 2.21. The molecule has 1 rings (SSSR count). The van der Waals surface area contributed by atoms with Gasteiger partial charge in [-0.2, -0.15) is 0 Å². The largest absolute Gasteiger partial charge is 0.465 e. The Hall–Kier alpha value is -2.24. The second kappa shape index (κ2) is 4.32. The van der Waals surface area contributed by atoms with Crippen molar-refractivity contribution in [1.82, 2.24) is 0 Å². The second-order valence-corrected chi connectivity index (χ2v) is 2.60. The van der Waals surface area contributed by atoms with Crippen molar-refractivity contribution in [1.29, 1.82) is 0 Å². The maximum atomic E-state index is 11.2. The molecule has 0 bridgehead atoms. The molecule has 0 saturated carbocycles. The van der Waals surface area contributed by atoms with Gasteiger partial charge in [0.1, 0.15) is 5.56 Å². The van der Waals surface area contributed by atoms with Crippen LogP contribution in [0.15, 0.2) is 18.2 Å². The number of hydrogen-bond acceptors (Lipinski definition) is 5. The molecule has 0 aliphatic heterocycles. The first-order chi connectivity index (χ1) is 7.11. The zero-order valence-corrected chi connectivity index (χ0v) is 7.80. The van der Waals surface area contributed by atoms with E-state index in [0.29, 0.717) is 0 Å². The molecule has 0 fully saturated rings. The topological polar surface area (TPSA) is 86.5 Å². The third-order valence-corrected chi connectivity index (χ3v) is 1.80. The van der Waals surface area contributed by atoms with Crippen LogP contribution < -0.4 is 0 Å². The molecule has 0 saturated heterocycles. The first-order valence-corrected chi connectivity index (χ1v) is 3.92. The van der Waals surface area contributed by atoms with Gasteiger partial charge in [0.15, 0.2) is 6.29 Å². The highest BCUT2D eigenvalue weighted by atomic mass is 16.6.